The summed E-state index contributed by atoms with van der Waals surface area (Å²) in [6.07, 6.45) is 0. The largest absolute Gasteiger partial charge is 0.455 e. The van der Waals surface area contributed by atoms with Crippen molar-refractivity contribution in [2.75, 3.05) is 0 Å². The molecule has 1 unspecified atom stereocenters. The van der Waals surface area contributed by atoms with Gasteiger partial charge in [0.15, 0.2) is 5.76 Å². The van der Waals surface area contributed by atoms with Crippen LogP contribution < -0.4 is 5.32 Å². The number of rotatable bonds is 6. The van der Waals surface area contributed by atoms with E-state index < -0.39 is 10.8 Å². The van der Waals surface area contributed by atoms with Crippen molar-refractivity contribution in [1.29, 1.82) is 0 Å². The Balaban J connectivity index is 1.60. The van der Waals surface area contributed by atoms with Gasteiger partial charge in [0.2, 0.25) is 0 Å². The second-order valence-electron chi connectivity index (χ2n) is 5.53. The first-order valence-corrected chi connectivity index (χ1v) is 9.84. The summed E-state index contributed by atoms with van der Waals surface area (Å²) < 4.78 is 17.9. The summed E-state index contributed by atoms with van der Waals surface area (Å²) in [7, 11) is -1.31. The lowest BCUT2D eigenvalue weighted by Gasteiger charge is -2.04. The van der Waals surface area contributed by atoms with Gasteiger partial charge in [-0.15, -0.1) is 0 Å². The van der Waals surface area contributed by atoms with Gasteiger partial charge < -0.3 is 9.73 Å². The summed E-state index contributed by atoms with van der Waals surface area (Å²) in [5.74, 6) is 0.466. The van der Waals surface area contributed by atoms with E-state index in [9.17, 15) is 9.00 Å². The van der Waals surface area contributed by atoms with E-state index in [4.69, 9.17) is 27.6 Å². The predicted octanol–water partition coefficient (Wildman–Crippen LogP) is 4.82. The number of hydrogen-bond acceptors (Lipinski definition) is 3. The maximum atomic E-state index is 12.4. The van der Waals surface area contributed by atoms with Crippen molar-refractivity contribution in [3.8, 4) is 0 Å². The maximum Gasteiger partial charge on any atom is 0.287 e. The van der Waals surface area contributed by atoms with E-state index in [0.29, 0.717) is 27.2 Å². The fraction of sp³-hybridized carbons (Fsp3) is 0.105. The molecule has 26 heavy (non-hydrogen) atoms. The van der Waals surface area contributed by atoms with Crippen LogP contribution in [0, 0.1) is 0 Å². The fourth-order valence-electron chi connectivity index (χ4n) is 2.32. The fourth-order valence-corrected chi connectivity index (χ4v) is 3.85. The van der Waals surface area contributed by atoms with Crippen LogP contribution in [0.5, 0.6) is 0 Å². The number of benzene rings is 2. The molecule has 0 aliphatic rings. The van der Waals surface area contributed by atoms with Crippen LogP contribution in [-0.2, 0) is 23.1 Å². The van der Waals surface area contributed by atoms with E-state index in [1.807, 2.05) is 12.1 Å². The molecule has 0 aliphatic heterocycles. The van der Waals surface area contributed by atoms with Gasteiger partial charge in [0.25, 0.3) is 5.91 Å². The highest BCUT2D eigenvalue weighted by atomic mass is 35.5. The van der Waals surface area contributed by atoms with Crippen LogP contribution in [0.1, 0.15) is 21.9 Å². The molecular formula is C19H15Cl2NO3S. The van der Waals surface area contributed by atoms with E-state index in [2.05, 4.69) is 5.32 Å². The second kappa shape index (κ2) is 8.54. The number of hydrogen-bond donors (Lipinski definition) is 1. The number of nitrogens with one attached hydrogen (secondary N) is 1. The van der Waals surface area contributed by atoms with Crippen LogP contribution in [0.2, 0.25) is 10.0 Å². The standard InChI is InChI=1S/C19H15Cl2NO3S/c20-14-4-1-3-13(9-14)11-22-19(23)18-8-7-16(25-18)12-26(24)17-6-2-5-15(21)10-17/h1-10H,11-12H2,(H,22,23). The van der Waals surface area contributed by atoms with Crippen molar-refractivity contribution in [2.45, 2.75) is 17.2 Å². The van der Waals surface area contributed by atoms with E-state index in [-0.39, 0.29) is 17.4 Å². The molecule has 0 radical (unpaired) electrons. The normalized spacial score (nSPS) is 11.9. The predicted molar refractivity (Wildman–Crippen MR) is 103 cm³/mol. The highest BCUT2D eigenvalue weighted by Crippen LogP contribution is 2.18. The van der Waals surface area contributed by atoms with Gasteiger partial charge in [-0.2, -0.15) is 0 Å². The lowest BCUT2D eigenvalue weighted by Crippen LogP contribution is -2.22. The van der Waals surface area contributed by atoms with Gasteiger partial charge in [-0.3, -0.25) is 9.00 Å². The molecule has 2 aromatic carbocycles. The number of carbonyl (C=O) groups excluding carboxylic acids is 1. The Morgan fingerprint density at radius 1 is 1.00 bits per heavy atom. The van der Waals surface area contributed by atoms with Crippen molar-refractivity contribution in [3.63, 3.8) is 0 Å². The Bertz CT molecular complexity index is 955. The molecule has 134 valence electrons. The number of furan rings is 1. The lowest BCUT2D eigenvalue weighted by atomic mass is 10.2. The minimum atomic E-state index is -1.31. The van der Waals surface area contributed by atoms with E-state index in [0.717, 1.165) is 5.56 Å². The van der Waals surface area contributed by atoms with Gasteiger partial charge in [-0.25, -0.2) is 0 Å². The van der Waals surface area contributed by atoms with Gasteiger partial charge in [0.1, 0.15) is 5.76 Å². The lowest BCUT2D eigenvalue weighted by molar-refractivity contribution is 0.0921. The molecule has 7 heteroatoms. The second-order valence-corrected chi connectivity index (χ2v) is 7.85. The first-order valence-electron chi connectivity index (χ1n) is 7.76. The third kappa shape index (κ3) is 4.97. The average molecular weight is 408 g/mol. The minimum Gasteiger partial charge on any atom is -0.455 e. The average Bonchev–Trinajstić information content (AvgIpc) is 3.08. The van der Waals surface area contributed by atoms with Crippen molar-refractivity contribution < 1.29 is 13.4 Å². The van der Waals surface area contributed by atoms with Crippen LogP contribution in [0.15, 0.2) is 70.0 Å². The molecule has 1 amide bonds. The Morgan fingerprint density at radius 2 is 1.73 bits per heavy atom. The Hall–Kier alpha value is -2.08. The molecule has 0 spiro atoms. The summed E-state index contributed by atoms with van der Waals surface area (Å²) in [6, 6.07) is 17.3. The summed E-state index contributed by atoms with van der Waals surface area (Å²) in [5, 5.41) is 3.90. The zero-order chi connectivity index (χ0) is 18.5. The van der Waals surface area contributed by atoms with Gasteiger partial charge >= 0.3 is 0 Å². The van der Waals surface area contributed by atoms with Crippen LogP contribution in [0.4, 0.5) is 0 Å². The van der Waals surface area contributed by atoms with E-state index in [1.54, 1.807) is 48.5 Å². The van der Waals surface area contributed by atoms with Gasteiger partial charge in [-0.1, -0.05) is 41.4 Å². The molecule has 0 aliphatic carbocycles. The quantitative estimate of drug-likeness (QED) is 0.636. The molecule has 0 fully saturated rings. The molecule has 3 aromatic rings. The highest BCUT2D eigenvalue weighted by Gasteiger charge is 2.14. The van der Waals surface area contributed by atoms with Crippen LogP contribution in [0.3, 0.4) is 0 Å². The van der Waals surface area contributed by atoms with E-state index in [1.165, 1.54) is 0 Å². The number of halogens is 2. The summed E-state index contributed by atoms with van der Waals surface area (Å²) in [5.41, 5.74) is 0.889. The number of carbonyl (C=O) groups is 1. The molecule has 1 heterocycles. The molecule has 1 aromatic heterocycles. The summed E-state index contributed by atoms with van der Waals surface area (Å²) in [6.45, 7) is 0.337. The van der Waals surface area contributed by atoms with Crippen LogP contribution in [0.25, 0.3) is 0 Å². The molecule has 3 rings (SSSR count). The first-order chi connectivity index (χ1) is 12.5. The van der Waals surface area contributed by atoms with Crippen LogP contribution >= 0.6 is 23.2 Å². The topological polar surface area (TPSA) is 59.3 Å². The van der Waals surface area contributed by atoms with Gasteiger partial charge in [0, 0.05) is 21.5 Å². The zero-order valence-corrected chi connectivity index (χ0v) is 15.9. The van der Waals surface area contributed by atoms with Crippen molar-refractivity contribution >= 4 is 39.9 Å². The molecular weight excluding hydrogens is 393 g/mol. The number of amides is 1. The first kappa shape index (κ1) is 18.7. The van der Waals surface area contributed by atoms with Gasteiger partial charge in [0.05, 0.1) is 16.6 Å². The van der Waals surface area contributed by atoms with E-state index >= 15 is 0 Å². The molecule has 4 nitrogen and oxygen atoms in total. The molecule has 0 saturated heterocycles. The molecule has 0 bridgehead atoms. The highest BCUT2D eigenvalue weighted by molar-refractivity contribution is 7.84. The Labute approximate surface area is 163 Å². The maximum absolute atomic E-state index is 12.4. The minimum absolute atomic E-state index is 0.169. The summed E-state index contributed by atoms with van der Waals surface area (Å²) in [4.78, 5) is 12.8. The summed E-state index contributed by atoms with van der Waals surface area (Å²) >= 11 is 11.8. The van der Waals surface area contributed by atoms with Crippen molar-refractivity contribution in [1.82, 2.24) is 5.32 Å². The molecule has 1 N–H and O–H groups in total. The third-order valence-corrected chi connectivity index (χ3v) is 5.36. The van der Waals surface area contributed by atoms with Gasteiger partial charge in [-0.05, 0) is 48.0 Å². The molecule has 0 saturated carbocycles. The zero-order valence-electron chi connectivity index (χ0n) is 13.6. The van der Waals surface area contributed by atoms with Crippen molar-refractivity contribution in [3.05, 3.63) is 87.8 Å². The molecule has 1 atom stereocenters. The third-order valence-electron chi connectivity index (χ3n) is 3.56. The van der Waals surface area contributed by atoms with Crippen LogP contribution in [-0.4, -0.2) is 10.1 Å². The Kier molecular flexibility index (Phi) is 6.14. The smallest absolute Gasteiger partial charge is 0.287 e. The monoisotopic (exact) mass is 407 g/mol. The SMILES string of the molecule is O=C(NCc1cccc(Cl)c1)c1ccc(CS(=O)c2cccc(Cl)c2)o1. The van der Waals surface area contributed by atoms with Crippen molar-refractivity contribution in [2.24, 2.45) is 0 Å². The Morgan fingerprint density at radius 3 is 2.46 bits per heavy atom.